The van der Waals surface area contributed by atoms with Gasteiger partial charge in [0.1, 0.15) is 0 Å². The molecule has 104 valence electrons. The van der Waals surface area contributed by atoms with Gasteiger partial charge in [-0.3, -0.25) is 4.79 Å². The molecule has 0 bridgehead atoms. The minimum atomic E-state index is -0.00727. The summed E-state index contributed by atoms with van der Waals surface area (Å²) in [5.41, 5.74) is 3.15. The molecule has 2 aromatic rings. The summed E-state index contributed by atoms with van der Waals surface area (Å²) in [6, 6.07) is 11.0. The van der Waals surface area contributed by atoms with E-state index in [9.17, 15) is 4.79 Å². The highest BCUT2D eigenvalue weighted by molar-refractivity contribution is 6.10. The van der Waals surface area contributed by atoms with Crippen molar-refractivity contribution in [1.82, 2.24) is 0 Å². The molecule has 0 aliphatic carbocycles. The van der Waals surface area contributed by atoms with Crippen LogP contribution in [0.15, 0.2) is 36.4 Å². The molecule has 0 heterocycles. The smallest absolute Gasteiger partial charge is 0.193 e. The Morgan fingerprint density at radius 2 is 1.60 bits per heavy atom. The highest BCUT2D eigenvalue weighted by Gasteiger charge is 2.19. The minimum Gasteiger partial charge on any atom is -0.493 e. The number of ketones is 1. The van der Waals surface area contributed by atoms with Gasteiger partial charge in [-0.05, 0) is 31.0 Å². The van der Waals surface area contributed by atoms with Crippen LogP contribution in [0.1, 0.15) is 27.0 Å². The molecule has 0 spiro atoms. The highest BCUT2D eigenvalue weighted by Crippen LogP contribution is 2.35. The lowest BCUT2D eigenvalue weighted by Crippen LogP contribution is -2.07. The van der Waals surface area contributed by atoms with Gasteiger partial charge in [-0.2, -0.15) is 0 Å². The number of rotatable bonds is 4. The molecule has 0 saturated heterocycles. The van der Waals surface area contributed by atoms with Crippen LogP contribution in [-0.4, -0.2) is 20.0 Å². The maximum Gasteiger partial charge on any atom is 0.193 e. The van der Waals surface area contributed by atoms with Gasteiger partial charge in [0.2, 0.25) is 0 Å². The highest BCUT2D eigenvalue weighted by atomic mass is 16.5. The molecule has 2 aromatic carbocycles. The molecular weight excluding hydrogens is 252 g/mol. The average molecular weight is 270 g/mol. The molecule has 0 aliphatic rings. The van der Waals surface area contributed by atoms with E-state index in [1.54, 1.807) is 20.3 Å². The van der Waals surface area contributed by atoms with Gasteiger partial charge in [-0.1, -0.05) is 30.3 Å². The topological polar surface area (TPSA) is 35.5 Å². The van der Waals surface area contributed by atoms with Crippen LogP contribution >= 0.6 is 0 Å². The Bertz CT molecular complexity index is 630. The summed E-state index contributed by atoms with van der Waals surface area (Å²) in [5, 5.41) is 0. The molecule has 0 atom stereocenters. The number of hydrogen-bond donors (Lipinski definition) is 0. The Morgan fingerprint density at radius 1 is 0.950 bits per heavy atom. The van der Waals surface area contributed by atoms with E-state index in [4.69, 9.17) is 9.47 Å². The summed E-state index contributed by atoms with van der Waals surface area (Å²) in [5.74, 6) is 1.25. The van der Waals surface area contributed by atoms with Gasteiger partial charge in [-0.25, -0.2) is 0 Å². The molecule has 0 radical (unpaired) electrons. The third-order valence-corrected chi connectivity index (χ3v) is 3.51. The Hall–Kier alpha value is -2.29. The molecule has 0 fully saturated rings. The first-order valence-corrected chi connectivity index (χ1v) is 6.42. The van der Waals surface area contributed by atoms with Crippen LogP contribution < -0.4 is 9.47 Å². The van der Waals surface area contributed by atoms with Crippen molar-refractivity contribution in [2.24, 2.45) is 0 Å². The van der Waals surface area contributed by atoms with Crippen LogP contribution in [0, 0.1) is 13.8 Å². The first-order valence-electron chi connectivity index (χ1n) is 6.42. The van der Waals surface area contributed by atoms with Crippen molar-refractivity contribution in [1.29, 1.82) is 0 Å². The normalized spacial score (nSPS) is 10.2. The number of benzene rings is 2. The molecule has 20 heavy (non-hydrogen) atoms. The molecule has 0 aliphatic heterocycles. The first-order chi connectivity index (χ1) is 9.60. The SMILES string of the molecule is COc1cc(C(=O)c2ccccc2)c(C)c(C)c1OC. The molecule has 0 aromatic heterocycles. The molecule has 0 unspecified atom stereocenters. The van der Waals surface area contributed by atoms with Crippen LogP contribution in [0.3, 0.4) is 0 Å². The zero-order chi connectivity index (χ0) is 14.7. The Kier molecular flexibility index (Phi) is 4.08. The molecule has 3 nitrogen and oxygen atoms in total. The fraction of sp³-hybridized carbons (Fsp3) is 0.235. The van der Waals surface area contributed by atoms with Gasteiger partial charge >= 0.3 is 0 Å². The Balaban J connectivity index is 2.58. The molecule has 0 saturated carbocycles. The van der Waals surface area contributed by atoms with E-state index in [0.29, 0.717) is 22.6 Å². The standard InChI is InChI=1S/C17H18O3/c1-11-12(2)17(20-4)15(19-3)10-14(11)16(18)13-8-6-5-7-9-13/h5-10H,1-4H3. The third kappa shape index (κ3) is 2.39. The summed E-state index contributed by atoms with van der Waals surface area (Å²) >= 11 is 0. The maximum absolute atomic E-state index is 12.6. The van der Waals surface area contributed by atoms with E-state index in [2.05, 4.69) is 0 Å². The van der Waals surface area contributed by atoms with E-state index in [1.165, 1.54) is 0 Å². The minimum absolute atomic E-state index is 0.00727. The number of ether oxygens (including phenoxy) is 2. The van der Waals surface area contributed by atoms with Gasteiger partial charge in [-0.15, -0.1) is 0 Å². The third-order valence-electron chi connectivity index (χ3n) is 3.51. The van der Waals surface area contributed by atoms with E-state index in [-0.39, 0.29) is 5.78 Å². The van der Waals surface area contributed by atoms with Crippen molar-refractivity contribution < 1.29 is 14.3 Å². The lowest BCUT2D eigenvalue weighted by atomic mass is 9.95. The molecule has 2 rings (SSSR count). The second-order valence-corrected chi connectivity index (χ2v) is 4.60. The second-order valence-electron chi connectivity index (χ2n) is 4.60. The zero-order valence-corrected chi connectivity index (χ0v) is 12.2. The summed E-state index contributed by atoms with van der Waals surface area (Å²) in [6.07, 6.45) is 0. The lowest BCUT2D eigenvalue weighted by Gasteiger charge is -2.16. The first kappa shape index (κ1) is 14.1. The fourth-order valence-corrected chi connectivity index (χ4v) is 2.25. The summed E-state index contributed by atoms with van der Waals surface area (Å²) in [4.78, 5) is 12.6. The van der Waals surface area contributed by atoms with Crippen LogP contribution in [0.4, 0.5) is 0 Å². The van der Waals surface area contributed by atoms with E-state index >= 15 is 0 Å². The average Bonchev–Trinajstić information content (AvgIpc) is 2.50. The van der Waals surface area contributed by atoms with E-state index < -0.39 is 0 Å². The fourth-order valence-electron chi connectivity index (χ4n) is 2.25. The summed E-state index contributed by atoms with van der Waals surface area (Å²) in [6.45, 7) is 3.85. The largest absolute Gasteiger partial charge is 0.493 e. The maximum atomic E-state index is 12.6. The summed E-state index contributed by atoms with van der Waals surface area (Å²) < 4.78 is 10.7. The van der Waals surface area contributed by atoms with Gasteiger partial charge in [0.05, 0.1) is 14.2 Å². The Morgan fingerprint density at radius 3 is 2.15 bits per heavy atom. The lowest BCUT2D eigenvalue weighted by molar-refractivity contribution is 0.103. The number of methoxy groups -OCH3 is 2. The van der Waals surface area contributed by atoms with Crippen LogP contribution in [0.2, 0.25) is 0 Å². The quantitative estimate of drug-likeness (QED) is 0.797. The van der Waals surface area contributed by atoms with Crippen molar-refractivity contribution in [3.05, 3.63) is 58.7 Å². The number of carbonyl (C=O) groups is 1. The van der Waals surface area contributed by atoms with Crippen molar-refractivity contribution in [3.63, 3.8) is 0 Å². The van der Waals surface area contributed by atoms with Gasteiger partial charge in [0.15, 0.2) is 17.3 Å². The van der Waals surface area contributed by atoms with Crippen molar-refractivity contribution in [3.8, 4) is 11.5 Å². The molecular formula is C17H18O3. The number of hydrogen-bond acceptors (Lipinski definition) is 3. The zero-order valence-electron chi connectivity index (χ0n) is 12.2. The van der Waals surface area contributed by atoms with Gasteiger partial charge < -0.3 is 9.47 Å². The monoisotopic (exact) mass is 270 g/mol. The van der Waals surface area contributed by atoms with Gasteiger partial charge in [0, 0.05) is 11.1 Å². The predicted octanol–water partition coefficient (Wildman–Crippen LogP) is 3.55. The van der Waals surface area contributed by atoms with Crippen LogP contribution in [0.5, 0.6) is 11.5 Å². The van der Waals surface area contributed by atoms with Crippen molar-refractivity contribution >= 4 is 5.78 Å². The van der Waals surface area contributed by atoms with Crippen LogP contribution in [-0.2, 0) is 0 Å². The summed E-state index contributed by atoms with van der Waals surface area (Å²) in [7, 11) is 3.17. The van der Waals surface area contributed by atoms with Gasteiger partial charge in [0.25, 0.3) is 0 Å². The molecule has 0 N–H and O–H groups in total. The predicted molar refractivity (Wildman–Crippen MR) is 78.9 cm³/mol. The molecule has 0 amide bonds. The molecule has 3 heteroatoms. The van der Waals surface area contributed by atoms with Crippen molar-refractivity contribution in [2.75, 3.05) is 14.2 Å². The second kappa shape index (κ2) is 5.78. The Labute approximate surface area is 119 Å². The van der Waals surface area contributed by atoms with E-state index in [1.807, 2.05) is 44.2 Å². The number of carbonyl (C=O) groups excluding carboxylic acids is 1. The van der Waals surface area contributed by atoms with Crippen LogP contribution in [0.25, 0.3) is 0 Å². The van der Waals surface area contributed by atoms with E-state index in [0.717, 1.165) is 11.1 Å². The van der Waals surface area contributed by atoms with Crippen molar-refractivity contribution in [2.45, 2.75) is 13.8 Å².